The van der Waals surface area contributed by atoms with Crippen molar-refractivity contribution in [3.05, 3.63) is 48.7 Å². The first-order valence-corrected chi connectivity index (χ1v) is 6.14. The van der Waals surface area contributed by atoms with Crippen LogP contribution in [0.25, 0.3) is 28.2 Å². The van der Waals surface area contributed by atoms with Gasteiger partial charge in [0, 0.05) is 18.6 Å². The summed E-state index contributed by atoms with van der Waals surface area (Å²) in [5, 5.41) is 0. The number of pyridine rings is 1. The van der Waals surface area contributed by atoms with E-state index in [9.17, 15) is 0 Å². The second-order valence-electron chi connectivity index (χ2n) is 4.69. The molecule has 19 heavy (non-hydrogen) atoms. The summed E-state index contributed by atoms with van der Waals surface area (Å²) in [7, 11) is 0. The number of rotatable bonds is 0. The molecule has 90 valence electrons. The predicted molar refractivity (Wildman–Crippen MR) is 67.5 cm³/mol. The van der Waals surface area contributed by atoms with E-state index in [1.54, 1.807) is 6.20 Å². The molecule has 0 amide bonds. The molecule has 1 aliphatic rings. The molecule has 4 aromatic heterocycles. The first-order chi connectivity index (χ1) is 9.42. The van der Waals surface area contributed by atoms with Crippen molar-refractivity contribution in [2.45, 2.75) is 6.54 Å². The summed E-state index contributed by atoms with van der Waals surface area (Å²) in [6.07, 6.45) is 7.63. The van der Waals surface area contributed by atoms with Crippen molar-refractivity contribution in [1.82, 2.24) is 14.4 Å². The maximum Gasteiger partial charge on any atom is 0.384 e. The van der Waals surface area contributed by atoms with Crippen molar-refractivity contribution < 1.29 is 8.98 Å². The molecule has 5 nitrogen and oxygen atoms in total. The standard InChI is InChI=1S/C14H9N4O/c1-3-9-10(15-4-1)7-18-11-8-17-6-2-5-16-13(17)12(11)19-14(9)18/h1-6,8H,7H2/q+1. The molecule has 0 N–H and O–H groups in total. The monoisotopic (exact) mass is 249 g/mol. The number of hydrogen-bond acceptors (Lipinski definition) is 3. The smallest absolute Gasteiger partial charge is 0.384 e. The summed E-state index contributed by atoms with van der Waals surface area (Å²) < 4.78 is 10.2. The van der Waals surface area contributed by atoms with Crippen molar-refractivity contribution in [3.63, 3.8) is 0 Å². The van der Waals surface area contributed by atoms with Crippen LogP contribution in [0.15, 0.2) is 47.4 Å². The van der Waals surface area contributed by atoms with Crippen LogP contribution in [-0.2, 0) is 6.54 Å². The van der Waals surface area contributed by atoms with Crippen LogP contribution >= 0.6 is 0 Å². The van der Waals surface area contributed by atoms with Gasteiger partial charge in [0.25, 0.3) is 5.52 Å². The van der Waals surface area contributed by atoms with Crippen molar-refractivity contribution in [1.29, 1.82) is 0 Å². The largest absolute Gasteiger partial charge is 0.393 e. The molecule has 0 unspecified atom stereocenters. The fourth-order valence-corrected chi connectivity index (χ4v) is 2.78. The van der Waals surface area contributed by atoms with Gasteiger partial charge in [0.1, 0.15) is 11.3 Å². The lowest BCUT2D eigenvalue weighted by Gasteiger charge is -1.90. The van der Waals surface area contributed by atoms with Crippen LogP contribution in [-0.4, -0.2) is 14.4 Å². The minimum atomic E-state index is 0.759. The van der Waals surface area contributed by atoms with E-state index in [1.165, 1.54) is 0 Å². The highest BCUT2D eigenvalue weighted by atomic mass is 16.4. The second kappa shape index (κ2) is 3.00. The highest BCUT2D eigenvalue weighted by Crippen LogP contribution is 2.31. The zero-order valence-electron chi connectivity index (χ0n) is 9.95. The van der Waals surface area contributed by atoms with Crippen LogP contribution in [0.5, 0.6) is 0 Å². The molecule has 0 radical (unpaired) electrons. The first-order valence-electron chi connectivity index (χ1n) is 6.14. The van der Waals surface area contributed by atoms with Gasteiger partial charge in [0.05, 0.1) is 6.20 Å². The number of hydrogen-bond donors (Lipinski definition) is 0. The van der Waals surface area contributed by atoms with Crippen molar-refractivity contribution in [2.24, 2.45) is 0 Å². The summed E-state index contributed by atoms with van der Waals surface area (Å²) in [5.41, 5.74) is 4.89. The SMILES string of the molecule is c1cnc2c(c1)-c1oc3c4ncccn4cc3[n+]1C2. The van der Waals surface area contributed by atoms with Gasteiger partial charge in [-0.3, -0.25) is 9.38 Å². The van der Waals surface area contributed by atoms with Gasteiger partial charge < -0.3 is 4.42 Å². The van der Waals surface area contributed by atoms with Gasteiger partial charge in [-0.15, -0.1) is 4.57 Å². The molecule has 5 heterocycles. The van der Waals surface area contributed by atoms with Crippen LogP contribution in [0.3, 0.4) is 0 Å². The molecule has 4 aromatic rings. The molecule has 0 aromatic carbocycles. The molecule has 0 saturated heterocycles. The van der Waals surface area contributed by atoms with Crippen molar-refractivity contribution in [2.75, 3.05) is 0 Å². The zero-order valence-corrected chi connectivity index (χ0v) is 9.95. The summed E-state index contributed by atoms with van der Waals surface area (Å²) >= 11 is 0. The van der Waals surface area contributed by atoms with Gasteiger partial charge in [-0.05, 0) is 18.2 Å². The van der Waals surface area contributed by atoms with Gasteiger partial charge in [-0.2, -0.15) is 0 Å². The molecular formula is C14H9N4O+. The molecule has 0 atom stereocenters. The van der Waals surface area contributed by atoms with Crippen LogP contribution in [0.2, 0.25) is 0 Å². The lowest BCUT2D eigenvalue weighted by atomic mass is 10.2. The summed E-state index contributed by atoms with van der Waals surface area (Å²) in [4.78, 5) is 8.78. The lowest BCUT2D eigenvalue weighted by molar-refractivity contribution is -0.649. The molecule has 0 fully saturated rings. The molecule has 0 aliphatic carbocycles. The summed E-state index contributed by atoms with van der Waals surface area (Å²) in [6, 6.07) is 5.90. The number of nitrogens with zero attached hydrogens (tertiary/aromatic N) is 4. The highest BCUT2D eigenvalue weighted by molar-refractivity contribution is 5.86. The highest BCUT2D eigenvalue weighted by Gasteiger charge is 2.36. The third-order valence-electron chi connectivity index (χ3n) is 3.63. The Morgan fingerprint density at radius 3 is 3.16 bits per heavy atom. The van der Waals surface area contributed by atoms with E-state index in [-0.39, 0.29) is 0 Å². The predicted octanol–water partition coefficient (Wildman–Crippen LogP) is 1.79. The van der Waals surface area contributed by atoms with Crippen LogP contribution in [0.1, 0.15) is 5.69 Å². The zero-order chi connectivity index (χ0) is 12.4. The lowest BCUT2D eigenvalue weighted by Crippen LogP contribution is -2.30. The van der Waals surface area contributed by atoms with Gasteiger partial charge in [-0.25, -0.2) is 4.98 Å². The average Bonchev–Trinajstić information content (AvgIpc) is 3.07. The Kier molecular flexibility index (Phi) is 1.46. The minimum Gasteiger partial charge on any atom is -0.393 e. The van der Waals surface area contributed by atoms with Crippen molar-refractivity contribution >= 4 is 16.7 Å². The normalized spacial score (nSPS) is 13.1. The number of aromatic nitrogens is 4. The Bertz CT molecular complexity index is 951. The molecule has 0 spiro atoms. The number of oxazole rings is 1. The Balaban J connectivity index is 1.93. The van der Waals surface area contributed by atoms with E-state index >= 15 is 0 Å². The van der Waals surface area contributed by atoms with E-state index in [0.717, 1.165) is 40.4 Å². The fourth-order valence-electron chi connectivity index (χ4n) is 2.78. The molecule has 0 saturated carbocycles. The van der Waals surface area contributed by atoms with Gasteiger partial charge >= 0.3 is 5.89 Å². The second-order valence-corrected chi connectivity index (χ2v) is 4.69. The van der Waals surface area contributed by atoms with E-state index in [4.69, 9.17) is 4.42 Å². The van der Waals surface area contributed by atoms with Gasteiger partial charge in [-0.1, -0.05) is 0 Å². The van der Waals surface area contributed by atoms with Gasteiger partial charge in [0.2, 0.25) is 5.58 Å². The van der Waals surface area contributed by atoms with E-state index in [1.807, 2.05) is 35.0 Å². The Morgan fingerprint density at radius 1 is 1.21 bits per heavy atom. The van der Waals surface area contributed by atoms with E-state index in [0.29, 0.717) is 0 Å². The molecule has 5 heteroatoms. The topological polar surface area (TPSA) is 47.2 Å². The van der Waals surface area contributed by atoms with Crippen LogP contribution < -0.4 is 4.57 Å². The molecule has 1 aliphatic heterocycles. The maximum absolute atomic E-state index is 6.03. The Hall–Kier alpha value is -2.69. The summed E-state index contributed by atoms with van der Waals surface area (Å²) in [5.74, 6) is 0.876. The number of fused-ring (bicyclic) bond motifs is 7. The summed E-state index contributed by atoms with van der Waals surface area (Å²) in [6.45, 7) is 0.759. The minimum absolute atomic E-state index is 0.759. The van der Waals surface area contributed by atoms with Crippen molar-refractivity contribution in [3.8, 4) is 11.5 Å². The first kappa shape index (κ1) is 9.27. The quantitative estimate of drug-likeness (QED) is 0.393. The fraction of sp³-hybridized carbons (Fsp3) is 0.0714. The maximum atomic E-state index is 6.03. The molecule has 5 rings (SSSR count). The molecular weight excluding hydrogens is 240 g/mol. The average molecular weight is 249 g/mol. The van der Waals surface area contributed by atoms with E-state index < -0.39 is 0 Å². The Labute approximate surface area is 107 Å². The van der Waals surface area contributed by atoms with Crippen LogP contribution in [0.4, 0.5) is 0 Å². The van der Waals surface area contributed by atoms with E-state index in [2.05, 4.69) is 20.7 Å². The third-order valence-corrected chi connectivity index (χ3v) is 3.63. The molecule has 0 bridgehead atoms. The third kappa shape index (κ3) is 1.03. The van der Waals surface area contributed by atoms with Crippen LogP contribution in [0, 0.1) is 0 Å². The Morgan fingerprint density at radius 2 is 2.16 bits per heavy atom. The van der Waals surface area contributed by atoms with Gasteiger partial charge in [0.15, 0.2) is 12.2 Å².